The number of hydrogen-bond acceptors (Lipinski definition) is 5. The Labute approximate surface area is 160 Å². The van der Waals surface area contributed by atoms with E-state index in [0.29, 0.717) is 22.4 Å². The highest BCUT2D eigenvalue weighted by Crippen LogP contribution is 2.22. The van der Waals surface area contributed by atoms with Crippen LogP contribution in [0, 0.1) is 0 Å². The van der Waals surface area contributed by atoms with Crippen molar-refractivity contribution in [2.75, 3.05) is 18.1 Å². The molecule has 1 heterocycles. The smallest absolute Gasteiger partial charge is 0.289 e. The Morgan fingerprint density at radius 2 is 1.74 bits per heavy atom. The van der Waals surface area contributed by atoms with E-state index in [1.165, 1.54) is 11.9 Å². The Morgan fingerprint density at radius 1 is 1.04 bits per heavy atom. The van der Waals surface area contributed by atoms with E-state index < -0.39 is 0 Å². The molecule has 0 saturated carbocycles. The Balaban J connectivity index is 1.73. The number of carbonyl (C=O) groups is 4. The Morgan fingerprint density at radius 3 is 2.41 bits per heavy atom. The van der Waals surface area contributed by atoms with E-state index in [-0.39, 0.29) is 35.3 Å². The van der Waals surface area contributed by atoms with Crippen LogP contribution in [0.5, 0.6) is 0 Å². The summed E-state index contributed by atoms with van der Waals surface area (Å²) in [6.45, 7) is 0.137. The summed E-state index contributed by atoms with van der Waals surface area (Å²) in [7, 11) is 1.54. The SMILES string of the molecule is CNC(=O)c1cccc(NC(=O)c2cccc(CN3C(=O)CSC3=O)c2)c1. The van der Waals surface area contributed by atoms with Gasteiger partial charge in [-0.15, -0.1) is 0 Å². The molecule has 8 heteroatoms. The zero-order chi connectivity index (χ0) is 19.4. The Kier molecular flexibility index (Phi) is 5.56. The highest BCUT2D eigenvalue weighted by atomic mass is 32.2. The molecule has 0 unspecified atom stereocenters. The summed E-state index contributed by atoms with van der Waals surface area (Å²) < 4.78 is 0. The number of benzene rings is 2. The molecule has 0 atom stereocenters. The van der Waals surface area contributed by atoms with E-state index in [1.54, 1.807) is 48.5 Å². The van der Waals surface area contributed by atoms with Gasteiger partial charge >= 0.3 is 0 Å². The third kappa shape index (κ3) is 4.35. The molecule has 0 spiro atoms. The summed E-state index contributed by atoms with van der Waals surface area (Å²) >= 11 is 0.976. The first-order valence-corrected chi connectivity index (χ1v) is 9.16. The second-order valence-electron chi connectivity index (χ2n) is 5.85. The average Bonchev–Trinajstić information content (AvgIpc) is 2.99. The first-order valence-electron chi connectivity index (χ1n) is 8.17. The molecule has 0 aliphatic carbocycles. The van der Waals surface area contributed by atoms with Crippen molar-refractivity contribution in [3.63, 3.8) is 0 Å². The number of nitrogens with zero attached hydrogens (tertiary/aromatic N) is 1. The van der Waals surface area contributed by atoms with Crippen LogP contribution in [0.1, 0.15) is 26.3 Å². The molecule has 1 fully saturated rings. The highest BCUT2D eigenvalue weighted by molar-refractivity contribution is 8.14. The van der Waals surface area contributed by atoms with E-state index in [4.69, 9.17) is 0 Å². The number of rotatable bonds is 5. The van der Waals surface area contributed by atoms with Gasteiger partial charge in [-0.25, -0.2) is 0 Å². The van der Waals surface area contributed by atoms with Crippen molar-refractivity contribution in [2.45, 2.75) is 6.54 Å². The van der Waals surface area contributed by atoms with Gasteiger partial charge < -0.3 is 10.6 Å². The Bertz CT molecular complexity index is 913. The number of anilines is 1. The number of carbonyl (C=O) groups excluding carboxylic acids is 4. The van der Waals surface area contributed by atoms with Crippen molar-refractivity contribution >= 4 is 40.4 Å². The van der Waals surface area contributed by atoms with Gasteiger partial charge in [0.2, 0.25) is 5.91 Å². The van der Waals surface area contributed by atoms with Gasteiger partial charge in [0.05, 0.1) is 12.3 Å². The molecule has 0 aromatic heterocycles. The fourth-order valence-corrected chi connectivity index (χ4v) is 3.34. The van der Waals surface area contributed by atoms with Crippen molar-refractivity contribution < 1.29 is 19.2 Å². The molecule has 0 radical (unpaired) electrons. The minimum Gasteiger partial charge on any atom is -0.355 e. The van der Waals surface area contributed by atoms with E-state index in [9.17, 15) is 19.2 Å². The molecule has 27 heavy (non-hydrogen) atoms. The van der Waals surface area contributed by atoms with Crippen LogP contribution >= 0.6 is 11.8 Å². The lowest BCUT2D eigenvalue weighted by Gasteiger charge is -2.13. The molecular formula is C19H17N3O4S. The minimum absolute atomic E-state index is 0.137. The summed E-state index contributed by atoms with van der Waals surface area (Å²) in [6.07, 6.45) is 0. The molecular weight excluding hydrogens is 366 g/mol. The predicted molar refractivity (Wildman–Crippen MR) is 103 cm³/mol. The van der Waals surface area contributed by atoms with Gasteiger partial charge in [-0.2, -0.15) is 0 Å². The van der Waals surface area contributed by atoms with Crippen molar-refractivity contribution in [3.8, 4) is 0 Å². The summed E-state index contributed by atoms with van der Waals surface area (Å²) in [5.74, 6) is -0.670. The lowest BCUT2D eigenvalue weighted by molar-refractivity contribution is -0.125. The second-order valence-corrected chi connectivity index (χ2v) is 6.78. The lowest BCUT2D eigenvalue weighted by atomic mass is 10.1. The van der Waals surface area contributed by atoms with Crippen molar-refractivity contribution in [2.24, 2.45) is 0 Å². The maximum Gasteiger partial charge on any atom is 0.289 e. The largest absolute Gasteiger partial charge is 0.355 e. The highest BCUT2D eigenvalue weighted by Gasteiger charge is 2.29. The third-order valence-corrected chi connectivity index (χ3v) is 4.84. The van der Waals surface area contributed by atoms with Gasteiger partial charge in [0.25, 0.3) is 17.1 Å². The fraction of sp³-hybridized carbons (Fsp3) is 0.158. The van der Waals surface area contributed by atoms with Crippen LogP contribution in [0.4, 0.5) is 10.5 Å². The van der Waals surface area contributed by atoms with E-state index >= 15 is 0 Å². The molecule has 1 saturated heterocycles. The van der Waals surface area contributed by atoms with Gasteiger partial charge in [0, 0.05) is 23.9 Å². The Hall–Kier alpha value is -3.13. The minimum atomic E-state index is -0.348. The zero-order valence-corrected chi connectivity index (χ0v) is 15.3. The molecule has 2 aromatic rings. The third-order valence-electron chi connectivity index (χ3n) is 3.98. The van der Waals surface area contributed by atoms with Crippen LogP contribution in [0.25, 0.3) is 0 Å². The number of amides is 4. The summed E-state index contributed by atoms with van der Waals surface area (Å²) in [5, 5.41) is 5.00. The standard InChI is InChI=1S/C19H17N3O4S/c1-20-17(24)14-6-3-7-15(9-14)21-18(25)13-5-2-4-12(8-13)10-22-16(23)11-27-19(22)26/h2-9H,10-11H2,1H3,(H,20,24)(H,21,25). The van der Waals surface area contributed by atoms with Gasteiger partial charge in [0.15, 0.2) is 0 Å². The molecule has 138 valence electrons. The van der Waals surface area contributed by atoms with E-state index in [0.717, 1.165) is 11.8 Å². The topological polar surface area (TPSA) is 95.6 Å². The first-order chi connectivity index (χ1) is 13.0. The van der Waals surface area contributed by atoms with Crippen molar-refractivity contribution in [1.29, 1.82) is 0 Å². The number of imide groups is 1. The van der Waals surface area contributed by atoms with E-state index in [1.807, 2.05) is 0 Å². The normalized spacial score (nSPS) is 13.6. The molecule has 2 aromatic carbocycles. The van der Waals surface area contributed by atoms with Crippen LogP contribution in [0.3, 0.4) is 0 Å². The fourth-order valence-electron chi connectivity index (χ4n) is 2.61. The maximum absolute atomic E-state index is 12.5. The lowest BCUT2D eigenvalue weighted by Crippen LogP contribution is -2.28. The maximum atomic E-state index is 12.5. The first kappa shape index (κ1) is 18.7. The predicted octanol–water partition coefficient (Wildman–Crippen LogP) is 2.49. The summed E-state index contributed by atoms with van der Waals surface area (Å²) in [5.41, 5.74) is 2.01. The molecule has 3 rings (SSSR count). The van der Waals surface area contributed by atoms with Gasteiger partial charge in [-0.05, 0) is 35.9 Å². The van der Waals surface area contributed by atoms with Crippen molar-refractivity contribution in [3.05, 3.63) is 65.2 Å². The van der Waals surface area contributed by atoms with Crippen LogP contribution in [-0.2, 0) is 11.3 Å². The van der Waals surface area contributed by atoms with Crippen LogP contribution in [-0.4, -0.2) is 40.7 Å². The number of thioether (sulfide) groups is 1. The average molecular weight is 383 g/mol. The van der Waals surface area contributed by atoms with Gasteiger partial charge in [-0.1, -0.05) is 30.0 Å². The van der Waals surface area contributed by atoms with Gasteiger partial charge in [0.1, 0.15) is 0 Å². The summed E-state index contributed by atoms with van der Waals surface area (Å²) in [4.78, 5) is 48.8. The number of nitrogens with one attached hydrogen (secondary N) is 2. The van der Waals surface area contributed by atoms with Gasteiger partial charge in [-0.3, -0.25) is 24.1 Å². The monoisotopic (exact) mass is 383 g/mol. The molecule has 4 amide bonds. The quantitative estimate of drug-likeness (QED) is 0.827. The number of hydrogen-bond donors (Lipinski definition) is 2. The molecule has 1 aliphatic heterocycles. The van der Waals surface area contributed by atoms with Crippen LogP contribution in [0.2, 0.25) is 0 Å². The van der Waals surface area contributed by atoms with Crippen LogP contribution < -0.4 is 10.6 Å². The van der Waals surface area contributed by atoms with Crippen LogP contribution in [0.15, 0.2) is 48.5 Å². The molecule has 2 N–H and O–H groups in total. The van der Waals surface area contributed by atoms with Crippen molar-refractivity contribution in [1.82, 2.24) is 10.2 Å². The second kappa shape index (κ2) is 8.05. The molecule has 0 bridgehead atoms. The van der Waals surface area contributed by atoms with E-state index in [2.05, 4.69) is 10.6 Å². The zero-order valence-electron chi connectivity index (χ0n) is 14.5. The molecule has 7 nitrogen and oxygen atoms in total. The summed E-state index contributed by atoms with van der Waals surface area (Å²) in [6, 6.07) is 13.3. The molecule has 1 aliphatic rings.